The van der Waals surface area contributed by atoms with Gasteiger partial charge >= 0.3 is 0 Å². The third kappa shape index (κ3) is 1.47. The molecule has 5 heteroatoms. The summed E-state index contributed by atoms with van der Waals surface area (Å²) in [5.41, 5.74) is 9.97. The monoisotopic (exact) mass is 227 g/mol. The highest BCUT2D eigenvalue weighted by atomic mass is 15.3. The van der Waals surface area contributed by atoms with Crippen LogP contribution >= 0.6 is 0 Å². The molecule has 3 aromatic rings. The maximum atomic E-state index is 5.96. The van der Waals surface area contributed by atoms with E-state index >= 15 is 0 Å². The number of hydrogen-bond donors (Lipinski definition) is 1. The molecule has 17 heavy (non-hydrogen) atoms. The summed E-state index contributed by atoms with van der Waals surface area (Å²) in [4.78, 5) is 4.36. The molecule has 0 aliphatic heterocycles. The van der Waals surface area contributed by atoms with Gasteiger partial charge in [-0.1, -0.05) is 6.07 Å². The molecule has 2 N–H and O–H groups in total. The summed E-state index contributed by atoms with van der Waals surface area (Å²) in [6, 6.07) is 6.11. The molecule has 0 radical (unpaired) electrons. The number of aromatic nitrogens is 4. The van der Waals surface area contributed by atoms with Crippen molar-refractivity contribution >= 4 is 17.0 Å². The van der Waals surface area contributed by atoms with E-state index in [0.717, 1.165) is 16.7 Å². The van der Waals surface area contributed by atoms with E-state index in [9.17, 15) is 0 Å². The van der Waals surface area contributed by atoms with Gasteiger partial charge in [-0.15, -0.1) is 0 Å². The van der Waals surface area contributed by atoms with Gasteiger partial charge in [0.05, 0.1) is 22.9 Å². The number of benzene rings is 1. The smallest absolute Gasteiger partial charge is 0.206 e. The van der Waals surface area contributed by atoms with E-state index in [1.54, 1.807) is 10.9 Å². The fraction of sp³-hybridized carbons (Fsp3) is 0.167. The van der Waals surface area contributed by atoms with Gasteiger partial charge in [-0.05, 0) is 24.6 Å². The maximum Gasteiger partial charge on any atom is 0.206 e. The zero-order valence-corrected chi connectivity index (χ0v) is 9.75. The first kappa shape index (κ1) is 9.89. The van der Waals surface area contributed by atoms with Crippen molar-refractivity contribution < 1.29 is 0 Å². The number of nitrogens with zero attached hydrogens (tertiary/aromatic N) is 4. The van der Waals surface area contributed by atoms with Crippen LogP contribution in [0.2, 0.25) is 0 Å². The molecule has 0 spiro atoms. The third-order valence-corrected chi connectivity index (χ3v) is 2.79. The van der Waals surface area contributed by atoms with Crippen molar-refractivity contribution in [2.45, 2.75) is 6.92 Å². The molecule has 86 valence electrons. The number of nitrogen functional groups attached to an aromatic ring is 1. The quantitative estimate of drug-likeness (QED) is 0.687. The Kier molecular flexibility index (Phi) is 1.95. The van der Waals surface area contributed by atoms with E-state index < -0.39 is 0 Å². The van der Waals surface area contributed by atoms with Crippen molar-refractivity contribution in [3.63, 3.8) is 0 Å². The van der Waals surface area contributed by atoms with Crippen molar-refractivity contribution in [3.05, 3.63) is 36.2 Å². The lowest BCUT2D eigenvalue weighted by atomic mass is 10.2. The van der Waals surface area contributed by atoms with Crippen molar-refractivity contribution in [1.82, 2.24) is 19.3 Å². The zero-order valence-electron chi connectivity index (χ0n) is 9.75. The average molecular weight is 227 g/mol. The van der Waals surface area contributed by atoms with Crippen LogP contribution < -0.4 is 5.73 Å². The Bertz CT molecular complexity index is 692. The minimum atomic E-state index is 0.485. The van der Waals surface area contributed by atoms with Crippen molar-refractivity contribution in [2.24, 2.45) is 7.05 Å². The fourth-order valence-electron chi connectivity index (χ4n) is 2.00. The molecule has 1 aromatic carbocycles. The Labute approximate surface area is 98.5 Å². The molecular weight excluding hydrogens is 214 g/mol. The highest BCUT2D eigenvalue weighted by Gasteiger charge is 2.10. The predicted molar refractivity (Wildman–Crippen MR) is 67.0 cm³/mol. The van der Waals surface area contributed by atoms with Gasteiger partial charge in [-0.2, -0.15) is 5.10 Å². The predicted octanol–water partition coefficient (Wildman–Crippen LogP) is 1.65. The summed E-state index contributed by atoms with van der Waals surface area (Å²) in [6.45, 7) is 2.04. The molecular formula is C12H13N5. The first-order chi connectivity index (χ1) is 8.15. The molecule has 2 aromatic heterocycles. The van der Waals surface area contributed by atoms with Crippen LogP contribution in [-0.2, 0) is 7.05 Å². The number of nitrogens with two attached hydrogens (primary N) is 1. The normalized spacial score (nSPS) is 11.2. The molecule has 3 rings (SSSR count). The molecule has 0 saturated heterocycles. The van der Waals surface area contributed by atoms with E-state index in [4.69, 9.17) is 5.73 Å². The van der Waals surface area contributed by atoms with E-state index in [-0.39, 0.29) is 0 Å². The molecule has 0 aliphatic rings. The van der Waals surface area contributed by atoms with Gasteiger partial charge in [0.1, 0.15) is 0 Å². The highest BCUT2D eigenvalue weighted by molar-refractivity contribution is 5.81. The van der Waals surface area contributed by atoms with E-state index in [1.807, 2.05) is 36.9 Å². The molecule has 2 heterocycles. The summed E-state index contributed by atoms with van der Waals surface area (Å²) >= 11 is 0. The maximum absolute atomic E-state index is 5.96. The van der Waals surface area contributed by atoms with Gasteiger partial charge in [-0.3, -0.25) is 9.25 Å². The van der Waals surface area contributed by atoms with Gasteiger partial charge < -0.3 is 5.73 Å². The lowest BCUT2D eigenvalue weighted by molar-refractivity contribution is 0.767. The second-order valence-electron chi connectivity index (χ2n) is 4.17. The van der Waals surface area contributed by atoms with Crippen LogP contribution in [0.25, 0.3) is 16.7 Å². The van der Waals surface area contributed by atoms with Gasteiger partial charge in [0, 0.05) is 13.2 Å². The van der Waals surface area contributed by atoms with Gasteiger partial charge in [0.25, 0.3) is 0 Å². The Hall–Kier alpha value is -2.30. The molecule has 0 bridgehead atoms. The number of fused-ring (bicyclic) bond motifs is 1. The Morgan fingerprint density at radius 2 is 2.12 bits per heavy atom. The van der Waals surface area contributed by atoms with Crippen molar-refractivity contribution in [3.8, 4) is 5.69 Å². The molecule has 0 atom stereocenters. The topological polar surface area (TPSA) is 61.7 Å². The molecule has 0 saturated carbocycles. The average Bonchev–Trinajstić information content (AvgIpc) is 2.80. The van der Waals surface area contributed by atoms with Crippen LogP contribution in [0.4, 0.5) is 5.95 Å². The second-order valence-corrected chi connectivity index (χ2v) is 4.17. The van der Waals surface area contributed by atoms with E-state index in [2.05, 4.69) is 16.1 Å². The summed E-state index contributed by atoms with van der Waals surface area (Å²) in [6.07, 6.45) is 3.69. The van der Waals surface area contributed by atoms with Gasteiger partial charge in [0.15, 0.2) is 0 Å². The van der Waals surface area contributed by atoms with Crippen LogP contribution in [0.1, 0.15) is 5.56 Å². The molecule has 0 amide bonds. The summed E-state index contributed by atoms with van der Waals surface area (Å²) in [5.74, 6) is 0.485. The van der Waals surface area contributed by atoms with Crippen LogP contribution in [0.3, 0.4) is 0 Å². The number of aryl methyl sites for hydroxylation is 2. The minimum absolute atomic E-state index is 0.485. The van der Waals surface area contributed by atoms with Gasteiger partial charge in [-0.25, -0.2) is 4.98 Å². The first-order valence-corrected chi connectivity index (χ1v) is 5.39. The Morgan fingerprint density at radius 1 is 1.29 bits per heavy atom. The Morgan fingerprint density at radius 3 is 2.82 bits per heavy atom. The fourth-order valence-corrected chi connectivity index (χ4v) is 2.00. The summed E-state index contributed by atoms with van der Waals surface area (Å²) in [7, 11) is 1.88. The first-order valence-electron chi connectivity index (χ1n) is 5.39. The lowest BCUT2D eigenvalue weighted by Gasteiger charge is -2.02. The zero-order chi connectivity index (χ0) is 12.0. The molecule has 0 unspecified atom stereocenters. The highest BCUT2D eigenvalue weighted by Crippen LogP contribution is 2.23. The van der Waals surface area contributed by atoms with Crippen LogP contribution in [-0.4, -0.2) is 19.3 Å². The Balaban J connectivity index is 2.32. The van der Waals surface area contributed by atoms with Crippen LogP contribution in [0, 0.1) is 6.92 Å². The number of imidazole rings is 1. The number of hydrogen-bond acceptors (Lipinski definition) is 3. The molecule has 0 fully saturated rings. The molecule has 0 aliphatic carbocycles. The number of rotatable bonds is 1. The standard InChI is InChI=1S/C12H13N5/c1-8-3-4-11-10(5-8)15-12(13)17(11)9-6-14-16(2)7-9/h3-7H,1-2H3,(H2,13,15). The second kappa shape index (κ2) is 3.35. The SMILES string of the molecule is Cc1ccc2c(c1)nc(N)n2-c1cnn(C)c1. The largest absolute Gasteiger partial charge is 0.369 e. The van der Waals surface area contributed by atoms with Crippen LogP contribution in [0.5, 0.6) is 0 Å². The summed E-state index contributed by atoms with van der Waals surface area (Å²) in [5, 5.41) is 4.15. The van der Waals surface area contributed by atoms with Crippen LogP contribution in [0.15, 0.2) is 30.6 Å². The lowest BCUT2D eigenvalue weighted by Crippen LogP contribution is -1.99. The van der Waals surface area contributed by atoms with E-state index in [0.29, 0.717) is 5.95 Å². The van der Waals surface area contributed by atoms with Gasteiger partial charge in [0.2, 0.25) is 5.95 Å². The number of anilines is 1. The minimum Gasteiger partial charge on any atom is -0.369 e. The molecule has 5 nitrogen and oxygen atoms in total. The third-order valence-electron chi connectivity index (χ3n) is 2.79. The summed E-state index contributed by atoms with van der Waals surface area (Å²) < 4.78 is 3.65. The van der Waals surface area contributed by atoms with Crippen molar-refractivity contribution in [2.75, 3.05) is 5.73 Å². The van der Waals surface area contributed by atoms with Crippen molar-refractivity contribution in [1.29, 1.82) is 0 Å². The van der Waals surface area contributed by atoms with E-state index in [1.165, 1.54) is 5.56 Å².